The Morgan fingerprint density at radius 2 is 1.34 bits per heavy atom. The largest absolute Gasteiger partial charge is 0.458 e. The predicted molar refractivity (Wildman–Crippen MR) is 187 cm³/mol. The minimum absolute atomic E-state index is 0. The summed E-state index contributed by atoms with van der Waals surface area (Å²) in [6.45, 7) is 22.6. The normalized spacial score (nSPS) is 30.2. The number of hydrogen-bond donors (Lipinski definition) is 1. The topological polar surface area (TPSA) is 46.5 Å². The maximum absolute atomic E-state index is 11.1. The molecular formula is C26H42BrI4O3V-. The molecule has 0 fully saturated rings. The molecular weight excluding hydrogens is 999 g/mol. The molecule has 0 spiro atoms. The third-order valence-corrected chi connectivity index (χ3v) is 8.83. The van der Waals surface area contributed by atoms with E-state index in [0.29, 0.717) is 11.8 Å². The van der Waals surface area contributed by atoms with Crippen molar-refractivity contribution < 1.29 is 33.2 Å². The Bertz CT molecular complexity index is 748. The molecule has 6 atom stereocenters. The second kappa shape index (κ2) is 19.7. The molecule has 2 rings (SSSR count). The Hall–Kier alpha value is 2.63. The van der Waals surface area contributed by atoms with Crippen LogP contribution in [0, 0.1) is 22.7 Å². The van der Waals surface area contributed by atoms with E-state index >= 15 is 0 Å². The number of rotatable bonds is 1. The molecule has 0 saturated carbocycles. The summed E-state index contributed by atoms with van der Waals surface area (Å²) in [5.74, 6) is 0.848. The molecule has 1 radical (unpaired) electrons. The molecule has 0 saturated heterocycles. The van der Waals surface area contributed by atoms with Gasteiger partial charge in [0.25, 0.3) is 0 Å². The summed E-state index contributed by atoms with van der Waals surface area (Å²) < 4.78 is 6.18. The average Bonchev–Trinajstić information content (AvgIpc) is 2.77. The summed E-state index contributed by atoms with van der Waals surface area (Å²) in [7, 11) is 0. The van der Waals surface area contributed by atoms with Crippen molar-refractivity contribution in [1.82, 2.24) is 0 Å². The van der Waals surface area contributed by atoms with Crippen LogP contribution >= 0.6 is 106 Å². The van der Waals surface area contributed by atoms with Crippen molar-refractivity contribution >= 4 is 112 Å². The van der Waals surface area contributed by atoms with Gasteiger partial charge in [-0.2, -0.15) is 0 Å². The molecule has 35 heavy (non-hydrogen) atoms. The first-order valence-corrected chi connectivity index (χ1v) is 17.2. The zero-order valence-corrected chi connectivity index (χ0v) is 34.4. The Labute approximate surface area is 290 Å². The summed E-state index contributed by atoms with van der Waals surface area (Å²) in [5.41, 5.74) is 7.53. The average molecular weight is 1040 g/mol. The molecule has 2 aliphatic carbocycles. The van der Waals surface area contributed by atoms with E-state index in [0.717, 1.165) is 5.51 Å². The van der Waals surface area contributed by atoms with Crippen molar-refractivity contribution in [1.29, 1.82) is 0 Å². The number of carbonyl (C=O) groups is 1. The van der Waals surface area contributed by atoms with Crippen LogP contribution in [0.15, 0.2) is 33.4 Å². The smallest absolute Gasteiger partial charge is 0.303 e. The fourth-order valence-electron chi connectivity index (χ4n) is 4.23. The van der Waals surface area contributed by atoms with Gasteiger partial charge >= 0.3 is 5.97 Å². The van der Waals surface area contributed by atoms with Gasteiger partial charge in [0.05, 0.1) is 6.10 Å². The van der Waals surface area contributed by atoms with E-state index in [-0.39, 0.29) is 47.0 Å². The molecule has 9 heteroatoms. The first kappa shape index (κ1) is 42.1. The minimum atomic E-state index is -0.270. The van der Waals surface area contributed by atoms with E-state index in [2.05, 4.69) is 151 Å². The molecule has 0 heterocycles. The first-order valence-electron chi connectivity index (χ1n) is 11.1. The van der Waals surface area contributed by atoms with Crippen molar-refractivity contribution in [3.05, 3.63) is 38.4 Å². The van der Waals surface area contributed by atoms with Gasteiger partial charge in [-0.1, -0.05) is 116 Å². The molecule has 6 unspecified atom stereocenters. The number of aliphatic hydroxyl groups is 1. The summed E-state index contributed by atoms with van der Waals surface area (Å²) in [5, 5.41) is 9.81. The molecule has 2 aliphatic rings. The zero-order chi connectivity index (χ0) is 27.7. The molecule has 0 amide bonds. The standard InChI is InChI=1S/C13H21BrO2.C11H18O.CHI3.CH2I.V/c1-7-9(3)13(6,14)10(4)8(2)12(7)16-11(5)15;1-6-7(2)9(4)11(12)10(5)8(6)3;2-1(3)4;1-2;/h7,9,12H,1-6H3;9,11-12H,1-5H3;1H;1H2;/q;;;-1;. The first-order chi connectivity index (χ1) is 15.4. The van der Waals surface area contributed by atoms with Crippen molar-refractivity contribution in [2.24, 2.45) is 17.8 Å². The molecule has 3 nitrogen and oxygen atoms in total. The van der Waals surface area contributed by atoms with E-state index in [4.69, 9.17) is 4.74 Å². The number of hydrogen-bond acceptors (Lipinski definition) is 3. The Morgan fingerprint density at radius 3 is 1.71 bits per heavy atom. The fraction of sp³-hybridized carbons (Fsp3) is 0.692. The van der Waals surface area contributed by atoms with Crippen LogP contribution in [-0.2, 0) is 28.1 Å². The summed E-state index contributed by atoms with van der Waals surface area (Å²) in [6.07, 6.45) is -0.341. The molecule has 1 N–H and O–H groups in total. The van der Waals surface area contributed by atoms with Crippen molar-refractivity contribution in [3.63, 3.8) is 0 Å². The van der Waals surface area contributed by atoms with E-state index < -0.39 is 0 Å². The monoisotopic (exact) mass is 1040 g/mol. The van der Waals surface area contributed by atoms with Gasteiger partial charge in [0.1, 0.15) is 6.04 Å². The van der Waals surface area contributed by atoms with Crippen LogP contribution < -0.4 is 0 Å². The summed E-state index contributed by atoms with van der Waals surface area (Å²) in [6, 6.07) is 0. The molecule has 0 aromatic heterocycles. The van der Waals surface area contributed by atoms with Crippen molar-refractivity contribution in [2.45, 2.75) is 92.6 Å². The number of alkyl halides is 4. The zero-order valence-electron chi connectivity index (χ0n) is 22.8. The SMILES string of the molecule is CC(=O)OC1C(C)=C(C)C(C)(Br)C(C)C1C.CC1=C(C)C(C)C(O)C(C)=C1C.IC(I)I.[CH2-]I.[V]. The third-order valence-electron chi connectivity index (χ3n) is 7.51. The fourth-order valence-corrected chi connectivity index (χ4v) is 4.96. The number of carbonyl (C=O) groups excluding carboxylic acids is 1. The summed E-state index contributed by atoms with van der Waals surface area (Å²) >= 11 is 12.6. The minimum Gasteiger partial charge on any atom is -0.458 e. The number of ether oxygens (including phenoxy) is 1. The van der Waals surface area contributed by atoms with Crippen LogP contribution in [0.3, 0.4) is 0 Å². The van der Waals surface area contributed by atoms with E-state index in [1.165, 1.54) is 34.8 Å². The second-order valence-electron chi connectivity index (χ2n) is 9.16. The number of aliphatic hydroxyl groups excluding tert-OH is 1. The Morgan fingerprint density at radius 1 is 0.971 bits per heavy atom. The Balaban J connectivity index is -0.000000477. The molecule has 0 aliphatic heterocycles. The van der Waals surface area contributed by atoms with E-state index in [9.17, 15) is 9.90 Å². The van der Waals surface area contributed by atoms with Gasteiger partial charge in [-0.25, -0.2) is 0 Å². The summed E-state index contributed by atoms with van der Waals surface area (Å²) in [4.78, 5) is 14.3. The quantitative estimate of drug-likeness (QED) is 0.0936. The third kappa shape index (κ3) is 12.8. The van der Waals surface area contributed by atoms with Gasteiger partial charge < -0.3 is 32.4 Å². The Kier molecular flexibility index (Phi) is 23.7. The second-order valence-corrected chi connectivity index (χ2v) is 21.7. The molecule has 0 aromatic carbocycles. The van der Waals surface area contributed by atoms with Crippen LogP contribution in [-0.4, -0.2) is 27.5 Å². The van der Waals surface area contributed by atoms with Crippen LogP contribution in [0.4, 0.5) is 0 Å². The van der Waals surface area contributed by atoms with Crippen LogP contribution in [0.25, 0.3) is 0 Å². The van der Waals surface area contributed by atoms with Crippen molar-refractivity contribution in [2.75, 3.05) is 0 Å². The van der Waals surface area contributed by atoms with Crippen LogP contribution in [0.1, 0.15) is 76.2 Å². The van der Waals surface area contributed by atoms with Gasteiger partial charge in [0.2, 0.25) is 0 Å². The van der Waals surface area contributed by atoms with Crippen LogP contribution in [0.5, 0.6) is 0 Å². The molecule has 0 aromatic rings. The van der Waals surface area contributed by atoms with E-state index in [1.807, 2.05) is 29.5 Å². The number of halogens is 5. The van der Waals surface area contributed by atoms with Gasteiger partial charge in [-0.3, -0.25) is 9.73 Å². The van der Waals surface area contributed by atoms with Gasteiger partial charge in [0.15, 0.2) is 0 Å². The van der Waals surface area contributed by atoms with Crippen LogP contribution in [0.2, 0.25) is 0 Å². The molecule has 0 bridgehead atoms. The van der Waals surface area contributed by atoms with Crippen molar-refractivity contribution in [3.8, 4) is 0 Å². The maximum Gasteiger partial charge on any atom is 0.303 e. The predicted octanol–water partition coefficient (Wildman–Crippen LogP) is 10.1. The maximum atomic E-state index is 11.1. The number of allylic oxidation sites excluding steroid dienone is 3. The van der Waals surface area contributed by atoms with Gasteiger partial charge in [0, 0.05) is 41.6 Å². The van der Waals surface area contributed by atoms with Gasteiger partial charge in [-0.05, 0) is 76.7 Å². The molecule has 205 valence electrons. The van der Waals surface area contributed by atoms with E-state index in [1.54, 1.807) is 0 Å². The van der Waals surface area contributed by atoms with Gasteiger partial charge in [-0.15, -0.1) is 0 Å². The number of esters is 1.